The van der Waals surface area contributed by atoms with Gasteiger partial charge in [0, 0.05) is 146 Å². The summed E-state index contributed by atoms with van der Waals surface area (Å²) in [7, 11) is 0. The molecular weight excluding hydrogens is 1420 g/mol. The lowest BCUT2D eigenvalue weighted by Crippen LogP contribution is -2.69. The third-order valence-electron chi connectivity index (χ3n) is 18.7. The maximum absolute atomic E-state index is 14.9. The fourth-order valence-electron chi connectivity index (χ4n) is 14.0. The first-order valence-corrected chi connectivity index (χ1v) is 35.5. The summed E-state index contributed by atoms with van der Waals surface area (Å²) in [5, 5.41) is 2.30. The number of thiophene rings is 2. The van der Waals surface area contributed by atoms with Crippen molar-refractivity contribution < 1.29 is 100 Å². The van der Waals surface area contributed by atoms with Gasteiger partial charge in [-0.1, -0.05) is 51.0 Å². The largest absolute Gasteiger partial charge is 0.490 e. The van der Waals surface area contributed by atoms with Gasteiger partial charge in [0.1, 0.15) is 46.0 Å². The van der Waals surface area contributed by atoms with Crippen LogP contribution >= 0.6 is 22.7 Å². The van der Waals surface area contributed by atoms with Gasteiger partial charge in [-0.05, 0) is 62.1 Å². The van der Waals surface area contributed by atoms with Crippen molar-refractivity contribution in [1.29, 1.82) is 0 Å². The predicted molar refractivity (Wildman–Crippen MR) is 357 cm³/mol. The SMILES string of the molecule is CCC[C@H]1N(C(=O)c2cnccc2C(F)(F)F)CCC[C@@]1(Oc1csc(C(F)(F)F)c1)C(=O)N1CCN(c2ccccc2OCC=O)CC1.CCC[C@H]1N(C(=O)c2cnccc2C(F)(F)F)CCC[C@@]1(Oc1csc(C(F)(F)F)c1)C(=O)N1CCN(c2ccccc2OCCN2CCOCC2)CC1. The van der Waals surface area contributed by atoms with Crippen LogP contribution in [0.25, 0.3) is 0 Å². The third-order valence-corrected chi connectivity index (χ3v) is 20.6. The van der Waals surface area contributed by atoms with E-state index in [0.717, 1.165) is 73.7 Å². The number of ether oxygens (including phenoxy) is 5. The lowest BCUT2D eigenvalue weighted by Gasteiger charge is -2.50. The van der Waals surface area contributed by atoms with E-state index in [-0.39, 0.29) is 95.9 Å². The molecule has 5 aliphatic rings. The first-order valence-electron chi connectivity index (χ1n) is 33.7. The first kappa shape index (κ1) is 77.2. The van der Waals surface area contributed by atoms with E-state index in [1.165, 1.54) is 20.1 Å². The van der Waals surface area contributed by atoms with E-state index in [2.05, 4.69) is 19.8 Å². The maximum Gasteiger partial charge on any atom is 0.425 e. The predicted octanol–water partition coefficient (Wildman–Crippen LogP) is 12.8. The van der Waals surface area contributed by atoms with Crippen LogP contribution in [0.3, 0.4) is 0 Å². The van der Waals surface area contributed by atoms with Gasteiger partial charge in [-0.15, -0.1) is 22.7 Å². The molecule has 19 nitrogen and oxygen atoms in total. The number of carbonyl (C=O) groups excluding carboxylic acids is 5. The number of rotatable bonds is 21. The molecule has 4 atom stereocenters. The van der Waals surface area contributed by atoms with Crippen molar-refractivity contribution in [3.8, 4) is 23.0 Å². The van der Waals surface area contributed by atoms with Gasteiger partial charge in [0.15, 0.2) is 6.29 Å². The number of piperazine rings is 2. The Balaban J connectivity index is 0.000000223. The van der Waals surface area contributed by atoms with Crippen molar-refractivity contribution in [2.45, 2.75) is 113 Å². The molecule has 0 radical (unpaired) electrons. The van der Waals surface area contributed by atoms with Gasteiger partial charge in [-0.25, -0.2) is 0 Å². The lowest BCUT2D eigenvalue weighted by atomic mass is 9.79. The minimum atomic E-state index is -4.87. The summed E-state index contributed by atoms with van der Waals surface area (Å²) < 4.78 is 196. The highest BCUT2D eigenvalue weighted by Crippen LogP contribution is 2.46. The summed E-state index contributed by atoms with van der Waals surface area (Å²) >= 11 is 0.802. The molecule has 6 aromatic rings. The number of hydrogen-bond acceptors (Lipinski definition) is 17. The second-order valence-corrected chi connectivity index (χ2v) is 27.0. The lowest BCUT2D eigenvalue weighted by molar-refractivity contribution is -0.160. The Bertz CT molecular complexity index is 3880. The van der Waals surface area contributed by atoms with Gasteiger partial charge < -0.3 is 53.1 Å². The Kier molecular flexibility index (Phi) is 24.8. The molecule has 0 bridgehead atoms. The van der Waals surface area contributed by atoms with Gasteiger partial charge in [0.25, 0.3) is 23.6 Å². The molecule has 0 unspecified atom stereocenters. The Labute approximate surface area is 594 Å². The number of nitrogens with zero attached hydrogens (tertiary/aromatic N) is 9. The minimum absolute atomic E-state index is 0.00311. The van der Waals surface area contributed by atoms with E-state index in [0.29, 0.717) is 111 Å². The molecule has 0 spiro atoms. The van der Waals surface area contributed by atoms with Crippen molar-refractivity contribution >= 4 is 64.0 Å². The van der Waals surface area contributed by atoms with Crippen LogP contribution in [0.15, 0.2) is 108 Å². The number of carbonyl (C=O) groups is 5. The van der Waals surface area contributed by atoms with Crippen LogP contribution in [0.1, 0.15) is 107 Å². The summed E-state index contributed by atoms with van der Waals surface area (Å²) in [6.45, 7) is 9.91. The second-order valence-electron chi connectivity index (χ2n) is 25.2. The molecule has 5 saturated heterocycles. The molecule has 5 fully saturated rings. The number of likely N-dealkylation sites (tertiary alicyclic amines) is 2. The average Bonchev–Trinajstić information content (AvgIpc) is 1.35. The smallest absolute Gasteiger partial charge is 0.425 e. The van der Waals surface area contributed by atoms with E-state index >= 15 is 0 Å². The summed E-state index contributed by atoms with van der Waals surface area (Å²) in [5.74, 6) is -2.34. The average molecular weight is 1500 g/mol. The molecule has 4 amide bonds. The fourth-order valence-corrected chi connectivity index (χ4v) is 15.3. The zero-order valence-electron chi connectivity index (χ0n) is 56.3. The highest BCUT2D eigenvalue weighted by molar-refractivity contribution is 7.10. The van der Waals surface area contributed by atoms with E-state index in [9.17, 15) is 76.7 Å². The van der Waals surface area contributed by atoms with Crippen molar-refractivity contribution in [3.05, 3.63) is 140 Å². The van der Waals surface area contributed by atoms with Crippen LogP contribution in [-0.4, -0.2) is 199 Å². The highest BCUT2D eigenvalue weighted by atomic mass is 32.1. The van der Waals surface area contributed by atoms with Crippen LogP contribution in [0, 0.1) is 0 Å². The van der Waals surface area contributed by atoms with Crippen LogP contribution < -0.4 is 28.7 Å². The van der Waals surface area contributed by atoms with E-state index in [1.54, 1.807) is 36.9 Å². The molecule has 33 heteroatoms. The number of aldehydes is 1. The minimum Gasteiger partial charge on any atom is -0.490 e. The topological polar surface area (TPSA) is 180 Å². The third kappa shape index (κ3) is 17.9. The van der Waals surface area contributed by atoms with Crippen LogP contribution in [-0.2, 0) is 43.8 Å². The molecule has 103 heavy (non-hydrogen) atoms. The van der Waals surface area contributed by atoms with Gasteiger partial charge in [-0.3, -0.25) is 38.8 Å². The van der Waals surface area contributed by atoms with Crippen molar-refractivity contribution in [3.63, 3.8) is 0 Å². The number of piperidine rings is 2. The first-order chi connectivity index (χ1) is 49.1. The highest BCUT2D eigenvalue weighted by Gasteiger charge is 2.58. The maximum atomic E-state index is 14.9. The Morgan fingerprint density at radius 2 is 0.971 bits per heavy atom. The molecule has 4 aromatic heterocycles. The summed E-state index contributed by atoms with van der Waals surface area (Å²) in [6, 6.07) is 15.5. The molecule has 11 rings (SSSR count). The number of hydrogen-bond donors (Lipinski definition) is 0. The van der Waals surface area contributed by atoms with Crippen molar-refractivity contribution in [2.24, 2.45) is 0 Å². The number of alkyl halides is 12. The number of anilines is 2. The molecular formula is C70H77F12N9O10S2. The number of pyridine rings is 2. The number of aromatic nitrogens is 2. The van der Waals surface area contributed by atoms with Gasteiger partial charge in [0.05, 0.1) is 58.9 Å². The molecule has 0 aliphatic carbocycles. The zero-order chi connectivity index (χ0) is 73.9. The Hall–Kier alpha value is -8.43. The summed E-state index contributed by atoms with van der Waals surface area (Å²) in [5.41, 5.74) is -5.95. The molecule has 2 aromatic carbocycles. The number of benzene rings is 2. The number of halogens is 12. The van der Waals surface area contributed by atoms with Crippen molar-refractivity contribution in [1.82, 2.24) is 34.5 Å². The molecule has 0 saturated carbocycles. The quantitative estimate of drug-likeness (QED) is 0.0490. The standard InChI is InChI=1S/C37H43F6N5O5S.C33H34F6N4O5S/c1-2-6-31-35(53-26-23-32(54-25-26)37(41,42)43,10-5-12-48(31)33(49)27-24-44-11-9-28(27)36(38,39)40)34(50)47-15-13-46(14-16-47)29-7-3-4-8-30(29)52-22-19-45-17-20-51-21-18-45;1-2-6-27-31(48-22-19-28(49-21-22)33(37,38)39,10-5-12-43(27)29(45)23-20-40-11-9-24(23)32(34,35)36)30(46)42-15-13-41(14-16-42)25-7-3-4-8-26(25)47-18-17-44/h3-4,7-9,11,23-25,31H,2,5-6,10,12-22H2,1H3;3-4,7-9,11,17,19-21,27H,2,5-6,10,12-16,18H2,1H3/t31-,35+;27-,31+/m11/s1. The van der Waals surface area contributed by atoms with Gasteiger partial charge in [0.2, 0.25) is 11.2 Å². The summed E-state index contributed by atoms with van der Waals surface area (Å²) in [6.07, 6.45) is -13.5. The Morgan fingerprint density at radius 1 is 0.553 bits per heavy atom. The van der Waals surface area contributed by atoms with Crippen LogP contribution in [0.4, 0.5) is 64.1 Å². The van der Waals surface area contributed by atoms with Crippen LogP contribution in [0.5, 0.6) is 23.0 Å². The fraction of sp³-hybridized carbons (Fsp3) is 0.500. The number of amides is 4. The molecule has 5 aliphatic heterocycles. The molecule has 558 valence electrons. The molecule has 0 N–H and O–H groups in total. The number of para-hydroxylation sites is 4. The second kappa shape index (κ2) is 33.1. The molecule has 9 heterocycles. The number of morpholine rings is 1. The van der Waals surface area contributed by atoms with Crippen molar-refractivity contribution in [2.75, 3.05) is 121 Å². The van der Waals surface area contributed by atoms with E-state index in [4.69, 9.17) is 23.7 Å². The normalized spacial score (nSPS) is 21.0. The summed E-state index contributed by atoms with van der Waals surface area (Å²) in [4.78, 5) is 86.0. The van der Waals surface area contributed by atoms with E-state index in [1.807, 2.05) is 35.2 Å². The van der Waals surface area contributed by atoms with Crippen LogP contribution in [0.2, 0.25) is 0 Å². The monoisotopic (exact) mass is 1500 g/mol. The Morgan fingerprint density at radius 3 is 1.36 bits per heavy atom. The van der Waals surface area contributed by atoms with Gasteiger partial charge in [-0.2, -0.15) is 52.7 Å². The zero-order valence-corrected chi connectivity index (χ0v) is 57.9. The van der Waals surface area contributed by atoms with Gasteiger partial charge >= 0.3 is 24.7 Å². The van der Waals surface area contributed by atoms with E-state index < -0.39 is 104 Å².